The average Bonchev–Trinajstić information content (AvgIpc) is 2.95. The van der Waals surface area contributed by atoms with Gasteiger partial charge in [-0.15, -0.1) is 0 Å². The number of rotatable bonds is 8. The van der Waals surface area contributed by atoms with Crippen molar-refractivity contribution in [1.29, 1.82) is 0 Å². The molecule has 1 atom stereocenters. The maximum absolute atomic E-state index is 12.4. The summed E-state index contributed by atoms with van der Waals surface area (Å²) in [6.45, 7) is 6.86. The predicted molar refractivity (Wildman–Crippen MR) is 78.3 cm³/mol. The second-order valence-electron chi connectivity index (χ2n) is 5.60. The third-order valence-electron chi connectivity index (χ3n) is 4.16. The second-order valence-corrected chi connectivity index (χ2v) is 5.60. The van der Waals surface area contributed by atoms with Crippen LogP contribution in [0.2, 0.25) is 0 Å². The molecule has 0 radical (unpaired) electrons. The number of hydrogen-bond acceptors (Lipinski definition) is 4. The van der Waals surface area contributed by atoms with E-state index in [-0.39, 0.29) is 18.4 Å². The van der Waals surface area contributed by atoms with Gasteiger partial charge in [-0.25, -0.2) is 0 Å². The van der Waals surface area contributed by atoms with E-state index in [0.29, 0.717) is 24.8 Å². The molecule has 0 aliphatic carbocycles. The summed E-state index contributed by atoms with van der Waals surface area (Å²) in [5.74, 6) is 0.597. The molecule has 5 heteroatoms. The number of methoxy groups -OCH3 is 1. The van der Waals surface area contributed by atoms with Crippen molar-refractivity contribution in [2.45, 2.75) is 39.5 Å². The van der Waals surface area contributed by atoms with Crippen LogP contribution in [0.3, 0.4) is 0 Å². The molecule has 0 aromatic carbocycles. The number of hydrogen-bond donors (Lipinski definition) is 1. The summed E-state index contributed by atoms with van der Waals surface area (Å²) >= 11 is 0. The number of esters is 1. The third-order valence-corrected chi connectivity index (χ3v) is 4.16. The Morgan fingerprint density at radius 2 is 2.05 bits per heavy atom. The van der Waals surface area contributed by atoms with E-state index in [4.69, 9.17) is 4.74 Å². The van der Waals surface area contributed by atoms with Gasteiger partial charge in [-0.3, -0.25) is 9.59 Å². The van der Waals surface area contributed by atoms with Gasteiger partial charge in [0.15, 0.2) is 0 Å². The molecule has 116 valence electrons. The average molecular weight is 284 g/mol. The molecule has 1 rings (SSSR count). The fourth-order valence-corrected chi connectivity index (χ4v) is 2.60. The van der Waals surface area contributed by atoms with Crippen molar-refractivity contribution in [3.05, 3.63) is 0 Å². The van der Waals surface area contributed by atoms with Crippen molar-refractivity contribution in [3.63, 3.8) is 0 Å². The maximum Gasteiger partial charge on any atom is 0.325 e. The monoisotopic (exact) mass is 284 g/mol. The first-order valence-electron chi connectivity index (χ1n) is 7.65. The van der Waals surface area contributed by atoms with Gasteiger partial charge in [-0.1, -0.05) is 26.7 Å². The van der Waals surface area contributed by atoms with Crippen LogP contribution in [0.15, 0.2) is 0 Å². The molecule has 1 fully saturated rings. The summed E-state index contributed by atoms with van der Waals surface area (Å²) in [6.07, 6.45) is 3.62. The Morgan fingerprint density at radius 3 is 2.55 bits per heavy atom. The van der Waals surface area contributed by atoms with Crippen molar-refractivity contribution in [2.75, 3.05) is 33.3 Å². The second kappa shape index (κ2) is 8.95. The lowest BCUT2D eigenvalue weighted by Crippen LogP contribution is -2.40. The molecule has 1 heterocycles. The van der Waals surface area contributed by atoms with Crippen LogP contribution in [0.25, 0.3) is 0 Å². The van der Waals surface area contributed by atoms with Gasteiger partial charge in [0.05, 0.1) is 7.11 Å². The number of nitrogens with zero attached hydrogens (tertiary/aromatic N) is 1. The van der Waals surface area contributed by atoms with E-state index < -0.39 is 0 Å². The lowest BCUT2D eigenvalue weighted by atomic mass is 10.0. The molecule has 1 aliphatic heterocycles. The Labute approximate surface area is 122 Å². The molecule has 1 aliphatic rings. The number of ether oxygens (including phenoxy) is 1. The predicted octanol–water partition coefficient (Wildman–Crippen LogP) is 1.42. The molecule has 20 heavy (non-hydrogen) atoms. The lowest BCUT2D eigenvalue weighted by molar-refractivity contribution is -0.147. The first-order valence-corrected chi connectivity index (χ1v) is 7.65. The molecule has 1 amide bonds. The normalized spacial score (nSPS) is 18.3. The largest absolute Gasteiger partial charge is 0.468 e. The van der Waals surface area contributed by atoms with Gasteiger partial charge in [0.1, 0.15) is 6.54 Å². The quantitative estimate of drug-likeness (QED) is 0.685. The Morgan fingerprint density at radius 1 is 1.35 bits per heavy atom. The van der Waals surface area contributed by atoms with E-state index in [1.54, 1.807) is 4.90 Å². The molecule has 0 aromatic rings. The summed E-state index contributed by atoms with van der Waals surface area (Å²) in [5, 5.41) is 3.27. The van der Waals surface area contributed by atoms with E-state index >= 15 is 0 Å². The van der Waals surface area contributed by atoms with E-state index in [1.807, 2.05) is 0 Å². The van der Waals surface area contributed by atoms with Crippen LogP contribution in [0, 0.1) is 11.8 Å². The summed E-state index contributed by atoms with van der Waals surface area (Å²) in [7, 11) is 1.36. The molecule has 0 saturated carbocycles. The number of nitrogens with one attached hydrogen (secondary N) is 1. The highest BCUT2D eigenvalue weighted by atomic mass is 16.5. The van der Waals surface area contributed by atoms with Crippen LogP contribution in [-0.2, 0) is 14.3 Å². The number of carbonyl (C=O) groups is 2. The lowest BCUT2D eigenvalue weighted by Gasteiger charge is -2.26. The zero-order valence-corrected chi connectivity index (χ0v) is 13.0. The van der Waals surface area contributed by atoms with Gasteiger partial charge in [-0.05, 0) is 31.3 Å². The highest BCUT2D eigenvalue weighted by Crippen LogP contribution is 2.16. The van der Waals surface area contributed by atoms with E-state index in [1.165, 1.54) is 7.11 Å². The molecule has 0 aromatic heterocycles. The van der Waals surface area contributed by atoms with Crippen molar-refractivity contribution >= 4 is 11.9 Å². The fourth-order valence-electron chi connectivity index (χ4n) is 2.60. The molecule has 1 unspecified atom stereocenters. The molecule has 0 bridgehead atoms. The first-order chi connectivity index (χ1) is 9.60. The highest BCUT2D eigenvalue weighted by molar-refractivity contribution is 5.82. The SMILES string of the molecule is CCC(CC)CN(CC(=O)OC)C(=O)CC1CCNC1. The first kappa shape index (κ1) is 17.0. The van der Waals surface area contributed by atoms with Gasteiger partial charge in [0, 0.05) is 13.0 Å². The smallest absolute Gasteiger partial charge is 0.325 e. The van der Waals surface area contributed by atoms with Crippen molar-refractivity contribution in [2.24, 2.45) is 11.8 Å². The van der Waals surface area contributed by atoms with Crippen LogP contribution in [-0.4, -0.2) is 50.1 Å². The van der Waals surface area contributed by atoms with Gasteiger partial charge in [0.25, 0.3) is 0 Å². The Bertz CT molecular complexity index is 310. The third kappa shape index (κ3) is 5.49. The maximum atomic E-state index is 12.4. The highest BCUT2D eigenvalue weighted by Gasteiger charge is 2.24. The minimum atomic E-state index is -0.339. The van der Waals surface area contributed by atoms with E-state index in [0.717, 1.165) is 32.4 Å². The molecule has 1 saturated heterocycles. The standard InChI is InChI=1S/C15H28N2O3/c1-4-12(5-2)10-17(11-15(19)20-3)14(18)8-13-6-7-16-9-13/h12-13,16H,4-11H2,1-3H3. The molecule has 1 N–H and O–H groups in total. The van der Waals surface area contributed by atoms with E-state index in [2.05, 4.69) is 19.2 Å². The van der Waals surface area contributed by atoms with Crippen LogP contribution < -0.4 is 5.32 Å². The Kier molecular flexibility index (Phi) is 7.59. The van der Waals surface area contributed by atoms with Gasteiger partial charge in [-0.2, -0.15) is 0 Å². The summed E-state index contributed by atoms with van der Waals surface area (Å²) in [5.41, 5.74) is 0. The van der Waals surface area contributed by atoms with Crippen LogP contribution in [0.1, 0.15) is 39.5 Å². The fraction of sp³-hybridized carbons (Fsp3) is 0.867. The Balaban J connectivity index is 2.58. The summed E-state index contributed by atoms with van der Waals surface area (Å²) in [6, 6.07) is 0. The number of carbonyl (C=O) groups excluding carboxylic acids is 2. The molecular weight excluding hydrogens is 256 g/mol. The van der Waals surface area contributed by atoms with Gasteiger partial charge < -0.3 is 15.0 Å². The van der Waals surface area contributed by atoms with Crippen LogP contribution in [0.5, 0.6) is 0 Å². The van der Waals surface area contributed by atoms with E-state index in [9.17, 15) is 9.59 Å². The van der Waals surface area contributed by atoms with Crippen LogP contribution >= 0.6 is 0 Å². The molecule has 0 spiro atoms. The van der Waals surface area contributed by atoms with Crippen LogP contribution in [0.4, 0.5) is 0 Å². The zero-order chi connectivity index (χ0) is 15.0. The van der Waals surface area contributed by atoms with Crippen molar-refractivity contribution in [1.82, 2.24) is 10.2 Å². The minimum absolute atomic E-state index is 0.0754. The summed E-state index contributed by atoms with van der Waals surface area (Å²) < 4.78 is 4.70. The Hall–Kier alpha value is -1.10. The number of amides is 1. The molecule has 5 nitrogen and oxygen atoms in total. The van der Waals surface area contributed by atoms with Gasteiger partial charge in [0.2, 0.25) is 5.91 Å². The topological polar surface area (TPSA) is 58.6 Å². The van der Waals surface area contributed by atoms with Crippen molar-refractivity contribution in [3.8, 4) is 0 Å². The zero-order valence-electron chi connectivity index (χ0n) is 13.0. The minimum Gasteiger partial charge on any atom is -0.468 e. The molecular formula is C15H28N2O3. The van der Waals surface area contributed by atoms with Gasteiger partial charge >= 0.3 is 5.97 Å². The summed E-state index contributed by atoms with van der Waals surface area (Å²) in [4.78, 5) is 25.6. The van der Waals surface area contributed by atoms with Crippen molar-refractivity contribution < 1.29 is 14.3 Å².